The number of anilines is 1. The van der Waals surface area contributed by atoms with Crippen LogP contribution in [0.3, 0.4) is 0 Å². The topological polar surface area (TPSA) is 93.9 Å². The largest absolute Gasteiger partial charge is 0.457 e. The summed E-state index contributed by atoms with van der Waals surface area (Å²) in [6.07, 6.45) is 0. The van der Waals surface area contributed by atoms with Gasteiger partial charge in [-0.15, -0.1) is 0 Å². The van der Waals surface area contributed by atoms with E-state index in [2.05, 4.69) is 0 Å². The molecule has 0 spiro atoms. The van der Waals surface area contributed by atoms with Crippen molar-refractivity contribution in [3.05, 3.63) is 119 Å². The van der Waals surface area contributed by atoms with Gasteiger partial charge in [0.05, 0.1) is 16.1 Å². The van der Waals surface area contributed by atoms with Crippen LogP contribution in [-0.2, 0) is 21.4 Å². The maximum absolute atomic E-state index is 13.0. The SMILES string of the molecule is CN(c1ccccc1)S(=O)(=O)c1ccc(C(=O)OCc2cc(=O)oc3ccc4ccccc4c23)cc1. The second kappa shape index (κ2) is 9.31. The van der Waals surface area contributed by atoms with Crippen LogP contribution in [0.1, 0.15) is 15.9 Å². The van der Waals surface area contributed by atoms with E-state index in [0.29, 0.717) is 22.2 Å². The lowest BCUT2D eigenvalue weighted by Crippen LogP contribution is -2.26. The minimum Gasteiger partial charge on any atom is -0.457 e. The number of para-hydroxylation sites is 1. The van der Waals surface area contributed by atoms with Gasteiger partial charge in [0.1, 0.15) is 12.2 Å². The Labute approximate surface area is 207 Å². The normalized spacial score (nSPS) is 11.5. The first-order valence-electron chi connectivity index (χ1n) is 11.1. The monoisotopic (exact) mass is 499 g/mol. The molecule has 36 heavy (non-hydrogen) atoms. The van der Waals surface area contributed by atoms with E-state index < -0.39 is 21.6 Å². The summed E-state index contributed by atoms with van der Waals surface area (Å²) < 4.78 is 37.9. The minimum atomic E-state index is -3.80. The molecule has 1 aromatic heterocycles. The zero-order valence-corrected chi connectivity index (χ0v) is 20.1. The molecule has 0 N–H and O–H groups in total. The zero-order valence-electron chi connectivity index (χ0n) is 19.2. The van der Waals surface area contributed by atoms with Gasteiger partial charge in [-0.2, -0.15) is 0 Å². The highest BCUT2D eigenvalue weighted by molar-refractivity contribution is 7.92. The molecule has 180 valence electrons. The van der Waals surface area contributed by atoms with Gasteiger partial charge in [-0.3, -0.25) is 4.31 Å². The standard InChI is InChI=1S/C28H21NO6S/c1-29(22-8-3-2-4-9-22)36(32,33)23-14-11-20(12-15-23)28(31)34-18-21-17-26(30)35-25-16-13-19-7-5-6-10-24(19)27(21)25/h2-17H,18H2,1H3. The van der Waals surface area contributed by atoms with E-state index in [-0.39, 0.29) is 17.1 Å². The number of ether oxygens (including phenoxy) is 1. The maximum atomic E-state index is 13.0. The molecule has 8 heteroatoms. The molecule has 0 aliphatic rings. The summed E-state index contributed by atoms with van der Waals surface area (Å²) in [5, 5.41) is 2.54. The quantitative estimate of drug-likeness (QED) is 0.183. The smallest absolute Gasteiger partial charge is 0.338 e. The van der Waals surface area contributed by atoms with Crippen molar-refractivity contribution >= 4 is 43.4 Å². The fourth-order valence-electron chi connectivity index (χ4n) is 4.06. The fourth-order valence-corrected chi connectivity index (χ4v) is 5.25. The van der Waals surface area contributed by atoms with E-state index in [4.69, 9.17) is 9.15 Å². The number of hydrogen-bond donors (Lipinski definition) is 0. The number of benzene rings is 4. The molecule has 0 amide bonds. The van der Waals surface area contributed by atoms with Crippen LogP contribution in [0.4, 0.5) is 5.69 Å². The highest BCUT2D eigenvalue weighted by atomic mass is 32.2. The second-order valence-corrected chi connectivity index (χ2v) is 10.1. The third-order valence-electron chi connectivity index (χ3n) is 5.94. The summed E-state index contributed by atoms with van der Waals surface area (Å²) in [5.74, 6) is -0.642. The molecule has 0 aliphatic heterocycles. The zero-order chi connectivity index (χ0) is 25.3. The Bertz CT molecular complexity index is 1740. The van der Waals surface area contributed by atoms with Gasteiger partial charge in [0.15, 0.2) is 0 Å². The third-order valence-corrected chi connectivity index (χ3v) is 7.74. The molecule has 5 aromatic rings. The molecule has 0 bridgehead atoms. The number of rotatable bonds is 6. The Morgan fingerprint density at radius 3 is 2.33 bits per heavy atom. The van der Waals surface area contributed by atoms with Gasteiger partial charge in [0, 0.05) is 24.1 Å². The van der Waals surface area contributed by atoms with Gasteiger partial charge in [-0.25, -0.2) is 18.0 Å². The van der Waals surface area contributed by atoms with E-state index in [1.165, 1.54) is 41.7 Å². The Morgan fingerprint density at radius 2 is 1.58 bits per heavy atom. The number of carbonyl (C=O) groups is 1. The molecule has 7 nitrogen and oxygen atoms in total. The van der Waals surface area contributed by atoms with Crippen LogP contribution < -0.4 is 9.93 Å². The first-order valence-corrected chi connectivity index (χ1v) is 12.5. The molecule has 0 radical (unpaired) electrons. The summed E-state index contributed by atoms with van der Waals surface area (Å²) in [6.45, 7) is -0.147. The summed E-state index contributed by atoms with van der Waals surface area (Å²) in [6, 6.07) is 26.8. The van der Waals surface area contributed by atoms with Crippen LogP contribution in [0.15, 0.2) is 111 Å². The van der Waals surface area contributed by atoms with Crippen molar-refractivity contribution in [1.29, 1.82) is 0 Å². The number of carbonyl (C=O) groups excluding carboxylic acids is 1. The van der Waals surface area contributed by atoms with Gasteiger partial charge in [0.25, 0.3) is 10.0 Å². The third kappa shape index (κ3) is 4.34. The van der Waals surface area contributed by atoms with Gasteiger partial charge >= 0.3 is 11.6 Å². The average molecular weight is 500 g/mol. The number of esters is 1. The lowest BCUT2D eigenvalue weighted by atomic mass is 10.0. The Kier molecular flexibility index (Phi) is 6.03. The Morgan fingerprint density at radius 1 is 0.889 bits per heavy atom. The van der Waals surface area contributed by atoms with Gasteiger partial charge in [-0.05, 0) is 53.2 Å². The molecule has 0 saturated carbocycles. The molecule has 4 aromatic carbocycles. The van der Waals surface area contributed by atoms with Crippen molar-refractivity contribution < 1.29 is 22.4 Å². The summed E-state index contributed by atoms with van der Waals surface area (Å²) in [5.41, 5.74) is 1.10. The van der Waals surface area contributed by atoms with E-state index >= 15 is 0 Å². The average Bonchev–Trinajstić information content (AvgIpc) is 2.91. The molecule has 0 saturated heterocycles. The van der Waals surface area contributed by atoms with Crippen molar-refractivity contribution in [3.8, 4) is 0 Å². The molecule has 0 atom stereocenters. The van der Waals surface area contributed by atoms with Crippen LogP contribution in [0.5, 0.6) is 0 Å². The van der Waals surface area contributed by atoms with E-state index in [1.54, 1.807) is 36.4 Å². The van der Waals surface area contributed by atoms with Crippen molar-refractivity contribution in [3.63, 3.8) is 0 Å². The van der Waals surface area contributed by atoms with Crippen molar-refractivity contribution in [1.82, 2.24) is 0 Å². The van der Waals surface area contributed by atoms with Crippen LogP contribution in [0.25, 0.3) is 21.7 Å². The highest BCUT2D eigenvalue weighted by Crippen LogP contribution is 2.28. The first-order chi connectivity index (χ1) is 17.3. The van der Waals surface area contributed by atoms with Crippen LogP contribution >= 0.6 is 0 Å². The van der Waals surface area contributed by atoms with E-state index in [1.807, 2.05) is 30.3 Å². The van der Waals surface area contributed by atoms with Gasteiger partial charge in [-0.1, -0.05) is 48.5 Å². The lowest BCUT2D eigenvalue weighted by Gasteiger charge is -2.19. The predicted molar refractivity (Wildman–Crippen MR) is 138 cm³/mol. The van der Waals surface area contributed by atoms with E-state index in [0.717, 1.165) is 10.8 Å². The van der Waals surface area contributed by atoms with Crippen LogP contribution in [0.2, 0.25) is 0 Å². The highest BCUT2D eigenvalue weighted by Gasteiger charge is 2.22. The van der Waals surface area contributed by atoms with Gasteiger partial charge in [0.2, 0.25) is 0 Å². The van der Waals surface area contributed by atoms with Gasteiger partial charge < -0.3 is 9.15 Å². The van der Waals surface area contributed by atoms with E-state index in [9.17, 15) is 18.0 Å². The Hall–Kier alpha value is -4.43. The molecule has 0 unspecified atom stereocenters. The lowest BCUT2D eigenvalue weighted by molar-refractivity contribution is 0.0473. The summed E-state index contributed by atoms with van der Waals surface area (Å²) in [7, 11) is -2.33. The summed E-state index contributed by atoms with van der Waals surface area (Å²) >= 11 is 0. The maximum Gasteiger partial charge on any atom is 0.338 e. The molecular formula is C28H21NO6S. The molecular weight excluding hydrogens is 478 g/mol. The molecule has 0 fully saturated rings. The van der Waals surface area contributed by atoms with Crippen molar-refractivity contribution in [2.75, 3.05) is 11.4 Å². The summed E-state index contributed by atoms with van der Waals surface area (Å²) in [4.78, 5) is 24.9. The second-order valence-electron chi connectivity index (χ2n) is 8.16. The number of nitrogens with zero attached hydrogens (tertiary/aromatic N) is 1. The minimum absolute atomic E-state index is 0.0449. The fraction of sp³-hybridized carbons (Fsp3) is 0.0714. The number of sulfonamides is 1. The number of hydrogen-bond acceptors (Lipinski definition) is 6. The van der Waals surface area contributed by atoms with Crippen LogP contribution in [-0.4, -0.2) is 21.4 Å². The van der Waals surface area contributed by atoms with Crippen molar-refractivity contribution in [2.24, 2.45) is 0 Å². The molecule has 0 aliphatic carbocycles. The molecule has 5 rings (SSSR count). The predicted octanol–water partition coefficient (Wildman–Crippen LogP) is 5.13. The van der Waals surface area contributed by atoms with Crippen LogP contribution in [0, 0.1) is 0 Å². The number of fused-ring (bicyclic) bond motifs is 3. The molecule has 1 heterocycles. The Balaban J connectivity index is 1.38. The first kappa shape index (κ1) is 23.3. The van der Waals surface area contributed by atoms with Crippen molar-refractivity contribution in [2.45, 2.75) is 11.5 Å².